The van der Waals surface area contributed by atoms with Gasteiger partial charge in [0.1, 0.15) is 0 Å². The first-order valence-corrected chi connectivity index (χ1v) is 6.16. The van der Waals surface area contributed by atoms with E-state index in [-0.39, 0.29) is 6.61 Å². The van der Waals surface area contributed by atoms with Crippen LogP contribution in [0.25, 0.3) is 0 Å². The summed E-state index contributed by atoms with van der Waals surface area (Å²) in [7, 11) is 1.48. The van der Waals surface area contributed by atoms with Crippen molar-refractivity contribution in [2.75, 3.05) is 13.7 Å². The van der Waals surface area contributed by atoms with Crippen LogP contribution in [0.4, 0.5) is 0 Å². The van der Waals surface area contributed by atoms with E-state index in [0.29, 0.717) is 6.61 Å². The van der Waals surface area contributed by atoms with Crippen LogP contribution in [0.15, 0.2) is 52.2 Å². The van der Waals surface area contributed by atoms with Gasteiger partial charge in [0.05, 0.1) is 13.2 Å². The van der Waals surface area contributed by atoms with Crippen LogP contribution < -0.4 is 11.2 Å². The number of rotatable bonds is 6. The summed E-state index contributed by atoms with van der Waals surface area (Å²) in [6.45, 7) is 0.635. The van der Waals surface area contributed by atoms with Crippen molar-refractivity contribution >= 4 is 0 Å². The van der Waals surface area contributed by atoms with Crippen LogP contribution in [-0.2, 0) is 16.1 Å². The van der Waals surface area contributed by atoms with E-state index in [0.717, 1.165) is 5.56 Å². The molecule has 1 aromatic carbocycles. The smallest absolute Gasteiger partial charge is 0.330 e. The fourth-order valence-corrected chi connectivity index (χ4v) is 1.77. The SMILES string of the molecule is COC(COCc1ccccc1)n1ccc(=O)[nH]c1=O. The predicted octanol–water partition coefficient (Wildman–Crippen LogP) is 0.898. The topological polar surface area (TPSA) is 73.3 Å². The quantitative estimate of drug-likeness (QED) is 0.850. The minimum atomic E-state index is -0.580. The molecule has 1 aromatic heterocycles. The molecule has 6 nitrogen and oxygen atoms in total. The maximum Gasteiger partial charge on any atom is 0.330 e. The molecule has 1 N–H and O–H groups in total. The number of ether oxygens (including phenoxy) is 2. The molecule has 6 heteroatoms. The van der Waals surface area contributed by atoms with Crippen molar-refractivity contribution in [2.45, 2.75) is 12.8 Å². The van der Waals surface area contributed by atoms with Gasteiger partial charge in [0.25, 0.3) is 5.56 Å². The van der Waals surface area contributed by atoms with E-state index in [2.05, 4.69) is 4.98 Å². The van der Waals surface area contributed by atoms with Gasteiger partial charge in [-0.15, -0.1) is 0 Å². The van der Waals surface area contributed by atoms with E-state index in [4.69, 9.17) is 9.47 Å². The normalized spacial score (nSPS) is 12.2. The Morgan fingerprint density at radius 2 is 1.95 bits per heavy atom. The molecular formula is C14H16N2O4. The van der Waals surface area contributed by atoms with Gasteiger partial charge in [0, 0.05) is 19.4 Å². The lowest BCUT2D eigenvalue weighted by molar-refractivity contribution is -0.0409. The molecule has 0 spiro atoms. The molecule has 106 valence electrons. The highest BCUT2D eigenvalue weighted by Crippen LogP contribution is 2.07. The number of H-pyrrole nitrogens is 1. The predicted molar refractivity (Wildman–Crippen MR) is 73.5 cm³/mol. The number of hydrogen-bond acceptors (Lipinski definition) is 4. The fourth-order valence-electron chi connectivity index (χ4n) is 1.77. The van der Waals surface area contributed by atoms with Crippen LogP contribution in [0.1, 0.15) is 11.8 Å². The van der Waals surface area contributed by atoms with Crippen molar-refractivity contribution in [3.63, 3.8) is 0 Å². The van der Waals surface area contributed by atoms with E-state index in [1.807, 2.05) is 30.3 Å². The third kappa shape index (κ3) is 3.66. The molecule has 1 heterocycles. The first kappa shape index (κ1) is 14.2. The minimum absolute atomic E-state index is 0.206. The molecule has 1 unspecified atom stereocenters. The van der Waals surface area contributed by atoms with Crippen LogP contribution in [-0.4, -0.2) is 23.3 Å². The van der Waals surface area contributed by atoms with Crippen molar-refractivity contribution in [2.24, 2.45) is 0 Å². The molecule has 2 aromatic rings. The average Bonchev–Trinajstić information content (AvgIpc) is 2.46. The molecule has 2 rings (SSSR count). The van der Waals surface area contributed by atoms with Crippen molar-refractivity contribution in [1.82, 2.24) is 9.55 Å². The summed E-state index contributed by atoms with van der Waals surface area (Å²) < 4.78 is 12.0. The van der Waals surface area contributed by atoms with Crippen LogP contribution >= 0.6 is 0 Å². The number of methoxy groups -OCH3 is 1. The van der Waals surface area contributed by atoms with E-state index in [1.165, 1.54) is 23.9 Å². The second-order valence-electron chi connectivity index (χ2n) is 4.21. The Morgan fingerprint density at radius 3 is 2.60 bits per heavy atom. The van der Waals surface area contributed by atoms with Crippen LogP contribution in [0.5, 0.6) is 0 Å². The number of aromatic amines is 1. The summed E-state index contributed by atoms with van der Waals surface area (Å²) >= 11 is 0. The lowest BCUT2D eigenvalue weighted by atomic mass is 10.2. The van der Waals surface area contributed by atoms with Gasteiger partial charge >= 0.3 is 5.69 Å². The Morgan fingerprint density at radius 1 is 1.20 bits per heavy atom. The van der Waals surface area contributed by atoms with Gasteiger partial charge in [-0.1, -0.05) is 30.3 Å². The standard InChI is InChI=1S/C14H16N2O4/c1-19-13(16-8-7-12(17)15-14(16)18)10-20-9-11-5-3-2-4-6-11/h2-8,13H,9-10H2,1H3,(H,15,17,18). The third-order valence-corrected chi connectivity index (χ3v) is 2.81. The number of nitrogens with one attached hydrogen (secondary N) is 1. The molecule has 0 saturated carbocycles. The monoisotopic (exact) mass is 276 g/mol. The maximum absolute atomic E-state index is 11.6. The molecule has 0 aliphatic rings. The largest absolute Gasteiger partial charge is 0.372 e. The van der Waals surface area contributed by atoms with Crippen molar-refractivity contribution in [3.8, 4) is 0 Å². The third-order valence-electron chi connectivity index (χ3n) is 2.81. The fraction of sp³-hybridized carbons (Fsp3) is 0.286. The van der Waals surface area contributed by atoms with E-state index in [1.54, 1.807) is 0 Å². The first-order chi connectivity index (χ1) is 9.70. The van der Waals surface area contributed by atoms with Crippen LogP contribution in [0.2, 0.25) is 0 Å². The number of aromatic nitrogens is 2. The molecule has 0 radical (unpaired) electrons. The number of benzene rings is 1. The van der Waals surface area contributed by atoms with Gasteiger partial charge < -0.3 is 9.47 Å². The van der Waals surface area contributed by atoms with Gasteiger partial charge in [0.2, 0.25) is 0 Å². The lowest BCUT2D eigenvalue weighted by Crippen LogP contribution is -2.34. The summed E-state index contributed by atoms with van der Waals surface area (Å²) in [6.07, 6.45) is 0.810. The molecule has 0 saturated heterocycles. The molecule has 0 aliphatic carbocycles. The van der Waals surface area contributed by atoms with Crippen molar-refractivity contribution in [3.05, 3.63) is 69.0 Å². The summed E-state index contributed by atoms with van der Waals surface area (Å²) in [5.41, 5.74) is 0.0788. The van der Waals surface area contributed by atoms with Crippen LogP contribution in [0, 0.1) is 0 Å². The Hall–Kier alpha value is -2.18. The maximum atomic E-state index is 11.6. The van der Waals surface area contributed by atoms with Gasteiger partial charge in [-0.2, -0.15) is 0 Å². The molecule has 0 bridgehead atoms. The zero-order chi connectivity index (χ0) is 14.4. The van der Waals surface area contributed by atoms with E-state index >= 15 is 0 Å². The second-order valence-corrected chi connectivity index (χ2v) is 4.21. The minimum Gasteiger partial charge on any atom is -0.372 e. The zero-order valence-corrected chi connectivity index (χ0v) is 11.1. The lowest BCUT2D eigenvalue weighted by Gasteiger charge is -2.17. The van der Waals surface area contributed by atoms with E-state index < -0.39 is 17.5 Å². The number of hydrogen-bond donors (Lipinski definition) is 1. The highest BCUT2D eigenvalue weighted by molar-refractivity contribution is 5.13. The highest BCUT2D eigenvalue weighted by Gasteiger charge is 2.11. The van der Waals surface area contributed by atoms with Crippen molar-refractivity contribution < 1.29 is 9.47 Å². The second kappa shape index (κ2) is 6.83. The highest BCUT2D eigenvalue weighted by atomic mass is 16.5. The van der Waals surface area contributed by atoms with Crippen molar-refractivity contribution in [1.29, 1.82) is 0 Å². The molecule has 0 fully saturated rings. The zero-order valence-electron chi connectivity index (χ0n) is 11.1. The average molecular weight is 276 g/mol. The summed E-state index contributed by atoms with van der Waals surface area (Å²) in [6, 6.07) is 11.0. The Labute approximate surface area is 115 Å². The number of nitrogens with zero attached hydrogens (tertiary/aromatic N) is 1. The summed E-state index contributed by atoms with van der Waals surface area (Å²) in [5.74, 6) is 0. The van der Waals surface area contributed by atoms with Gasteiger partial charge in [-0.05, 0) is 5.56 Å². The molecular weight excluding hydrogens is 260 g/mol. The first-order valence-electron chi connectivity index (χ1n) is 6.16. The van der Waals surface area contributed by atoms with Gasteiger partial charge in [0.15, 0.2) is 6.23 Å². The summed E-state index contributed by atoms with van der Waals surface area (Å²) in [5, 5.41) is 0. The molecule has 1 atom stereocenters. The van der Waals surface area contributed by atoms with Gasteiger partial charge in [-0.25, -0.2) is 4.79 Å². The van der Waals surface area contributed by atoms with E-state index in [9.17, 15) is 9.59 Å². The molecule has 20 heavy (non-hydrogen) atoms. The van der Waals surface area contributed by atoms with Crippen LogP contribution in [0.3, 0.4) is 0 Å². The Balaban J connectivity index is 1.99. The summed E-state index contributed by atoms with van der Waals surface area (Å²) in [4.78, 5) is 24.8. The molecule has 0 aliphatic heterocycles. The van der Waals surface area contributed by atoms with Gasteiger partial charge in [-0.3, -0.25) is 14.3 Å². The Bertz CT molecular complexity index is 648. The Kier molecular flexibility index (Phi) is 4.86. The molecule has 0 amide bonds.